The van der Waals surface area contributed by atoms with E-state index in [2.05, 4.69) is 45.9 Å². The number of allylic oxidation sites excluding steroid dienone is 6. The first kappa shape index (κ1) is 18.9. The number of hydrogen-bond acceptors (Lipinski definition) is 2. The summed E-state index contributed by atoms with van der Waals surface area (Å²) in [7, 11) is 0. The van der Waals surface area contributed by atoms with Gasteiger partial charge in [0.15, 0.2) is 0 Å². The second-order valence-corrected chi connectivity index (χ2v) is 7.50. The van der Waals surface area contributed by atoms with Gasteiger partial charge < -0.3 is 11.1 Å². The van der Waals surface area contributed by atoms with E-state index in [9.17, 15) is 0 Å². The molecule has 0 rings (SSSR count). The van der Waals surface area contributed by atoms with E-state index in [0.29, 0.717) is 0 Å². The molecule has 0 heterocycles. The molecule has 0 amide bonds. The molecule has 0 fully saturated rings. The Morgan fingerprint density at radius 3 is 2.00 bits per heavy atom. The van der Waals surface area contributed by atoms with Gasteiger partial charge in [0.2, 0.25) is 0 Å². The van der Waals surface area contributed by atoms with Crippen molar-refractivity contribution in [3.8, 4) is 0 Å². The lowest BCUT2D eigenvalue weighted by molar-refractivity contribution is 0.316. The number of rotatable bonds is 7. The molecule has 2 heteroatoms. The van der Waals surface area contributed by atoms with Gasteiger partial charge in [-0.2, -0.15) is 0 Å². The maximum atomic E-state index is 7.66. The van der Waals surface area contributed by atoms with Crippen molar-refractivity contribution in [1.29, 1.82) is 5.41 Å². The highest BCUT2D eigenvalue weighted by Crippen LogP contribution is 2.33. The third-order valence-corrected chi connectivity index (χ3v) is 3.23. The molecule has 0 unspecified atom stereocenters. The predicted octanol–water partition coefficient (Wildman–Crippen LogP) is 4.87. The zero-order valence-electron chi connectivity index (χ0n) is 14.2. The van der Waals surface area contributed by atoms with Crippen LogP contribution in [0, 0.1) is 16.2 Å². The summed E-state index contributed by atoms with van der Waals surface area (Å²) in [5.74, 6) is 0. The van der Waals surface area contributed by atoms with Gasteiger partial charge in [-0.25, -0.2) is 0 Å². The van der Waals surface area contributed by atoms with E-state index in [1.165, 1.54) is 6.21 Å². The van der Waals surface area contributed by atoms with Crippen LogP contribution in [0.25, 0.3) is 0 Å². The molecule has 2 nitrogen and oxygen atoms in total. The molecule has 0 saturated carbocycles. The van der Waals surface area contributed by atoms with Crippen LogP contribution in [0.4, 0.5) is 0 Å². The zero-order valence-corrected chi connectivity index (χ0v) is 14.2. The summed E-state index contributed by atoms with van der Waals surface area (Å²) < 4.78 is 0. The molecule has 0 aromatic carbocycles. The Labute approximate surface area is 125 Å². The third-order valence-electron chi connectivity index (χ3n) is 3.23. The zero-order chi connectivity index (χ0) is 16.0. The minimum atomic E-state index is -0.237. The van der Waals surface area contributed by atoms with E-state index in [4.69, 9.17) is 11.1 Å². The van der Waals surface area contributed by atoms with Crippen LogP contribution in [-0.4, -0.2) is 11.8 Å². The molecular weight excluding hydrogens is 244 g/mol. The van der Waals surface area contributed by atoms with E-state index in [-0.39, 0.29) is 16.4 Å². The van der Waals surface area contributed by atoms with E-state index in [1.54, 1.807) is 0 Å². The van der Waals surface area contributed by atoms with Gasteiger partial charge in [0, 0.05) is 17.2 Å². The molecule has 0 atom stereocenters. The normalized spacial score (nSPS) is 15.3. The fourth-order valence-electron chi connectivity index (χ4n) is 2.60. The molecule has 0 aromatic rings. The maximum Gasteiger partial charge on any atom is 0.0215 e. The van der Waals surface area contributed by atoms with Crippen molar-refractivity contribution in [3.05, 3.63) is 36.0 Å². The summed E-state index contributed by atoms with van der Waals surface area (Å²) in [4.78, 5) is 0. The average molecular weight is 276 g/mol. The van der Waals surface area contributed by atoms with Gasteiger partial charge in [0.05, 0.1) is 0 Å². The van der Waals surface area contributed by atoms with Crippen molar-refractivity contribution in [2.75, 3.05) is 0 Å². The number of nitrogens with two attached hydrogens (primary N) is 1. The molecule has 114 valence electrons. The van der Waals surface area contributed by atoms with Crippen molar-refractivity contribution < 1.29 is 0 Å². The van der Waals surface area contributed by atoms with Crippen molar-refractivity contribution in [1.82, 2.24) is 0 Å². The van der Waals surface area contributed by atoms with Gasteiger partial charge in [-0.1, -0.05) is 58.1 Å². The van der Waals surface area contributed by atoms with Crippen LogP contribution in [-0.2, 0) is 0 Å². The molecule has 0 spiro atoms. The molecule has 0 bridgehead atoms. The minimum Gasteiger partial charge on any atom is -0.326 e. The Balaban J connectivity index is 5.14. The average Bonchev–Trinajstić information content (AvgIpc) is 2.20. The summed E-state index contributed by atoms with van der Waals surface area (Å²) >= 11 is 0. The second kappa shape index (κ2) is 7.03. The molecule has 0 aliphatic carbocycles. The highest BCUT2D eigenvalue weighted by Gasteiger charge is 2.28. The molecule has 0 aliphatic heterocycles. The van der Waals surface area contributed by atoms with Crippen LogP contribution in [0.15, 0.2) is 36.0 Å². The monoisotopic (exact) mass is 276 g/mol. The van der Waals surface area contributed by atoms with Crippen LogP contribution in [0.5, 0.6) is 0 Å². The molecule has 3 N–H and O–H groups in total. The van der Waals surface area contributed by atoms with Crippen LogP contribution in [0.2, 0.25) is 0 Å². The number of nitrogens with one attached hydrogen (secondary N) is 1. The fourth-order valence-corrected chi connectivity index (χ4v) is 2.60. The van der Waals surface area contributed by atoms with Crippen molar-refractivity contribution in [3.63, 3.8) is 0 Å². The maximum absolute atomic E-state index is 7.66. The highest BCUT2D eigenvalue weighted by atomic mass is 14.7. The Bertz CT molecular complexity index is 402. The number of hydrogen-bond donors (Lipinski definition) is 2. The lowest BCUT2D eigenvalue weighted by atomic mass is 9.75. The van der Waals surface area contributed by atoms with Crippen molar-refractivity contribution in [2.45, 2.75) is 60.4 Å². The van der Waals surface area contributed by atoms with E-state index < -0.39 is 0 Å². The molecule has 0 aliphatic rings. The Kier molecular flexibility index (Phi) is 6.63. The molecule has 0 radical (unpaired) electrons. The standard InChI is InChI=1S/C18H32N2/c1-8-11-16(2,3)12-9-10-15(13-19)17(4,5)14-18(6,7)20/h8-13,19H,14,20H2,1-7H3/b11-8-,12-9-,15-10+,19-13?. The third kappa shape index (κ3) is 7.44. The van der Waals surface area contributed by atoms with Gasteiger partial charge in [-0.15, -0.1) is 0 Å². The van der Waals surface area contributed by atoms with Gasteiger partial charge >= 0.3 is 0 Å². The summed E-state index contributed by atoms with van der Waals surface area (Å²) in [6.45, 7) is 14.7. The SMILES string of the molecule is C/C=C\C(C)(C)/C=C\C=C(/C=N)C(C)(C)CC(C)(C)N. The van der Waals surface area contributed by atoms with E-state index in [0.717, 1.165) is 12.0 Å². The van der Waals surface area contributed by atoms with Gasteiger partial charge in [-0.05, 0) is 38.2 Å². The van der Waals surface area contributed by atoms with Crippen LogP contribution in [0.3, 0.4) is 0 Å². The summed E-state index contributed by atoms with van der Waals surface area (Å²) in [6.07, 6.45) is 12.7. The first-order valence-electron chi connectivity index (χ1n) is 7.27. The quantitative estimate of drug-likeness (QED) is 0.389. The second-order valence-electron chi connectivity index (χ2n) is 7.50. The Morgan fingerprint density at radius 1 is 1.05 bits per heavy atom. The smallest absolute Gasteiger partial charge is 0.0215 e. The summed E-state index contributed by atoms with van der Waals surface area (Å²) in [5.41, 5.74) is 6.82. The lowest BCUT2D eigenvalue weighted by Gasteiger charge is -2.33. The Morgan fingerprint density at radius 2 is 1.60 bits per heavy atom. The van der Waals surface area contributed by atoms with Gasteiger partial charge in [0.1, 0.15) is 0 Å². The van der Waals surface area contributed by atoms with Crippen LogP contribution < -0.4 is 5.73 Å². The van der Waals surface area contributed by atoms with Crippen LogP contribution in [0.1, 0.15) is 54.9 Å². The van der Waals surface area contributed by atoms with Gasteiger partial charge in [-0.3, -0.25) is 0 Å². The van der Waals surface area contributed by atoms with E-state index >= 15 is 0 Å². The first-order chi connectivity index (χ1) is 8.93. The van der Waals surface area contributed by atoms with E-state index in [1.807, 2.05) is 32.9 Å². The predicted molar refractivity (Wildman–Crippen MR) is 91.3 cm³/mol. The summed E-state index contributed by atoms with van der Waals surface area (Å²) in [5, 5.41) is 7.66. The first-order valence-corrected chi connectivity index (χ1v) is 7.27. The van der Waals surface area contributed by atoms with Crippen molar-refractivity contribution >= 4 is 6.21 Å². The summed E-state index contributed by atoms with van der Waals surface area (Å²) in [6, 6.07) is 0. The lowest BCUT2D eigenvalue weighted by Crippen LogP contribution is -2.38. The fraction of sp³-hybridized carbons (Fsp3) is 0.611. The molecule has 20 heavy (non-hydrogen) atoms. The molecule has 0 aromatic heterocycles. The van der Waals surface area contributed by atoms with Gasteiger partial charge in [0.25, 0.3) is 0 Å². The highest BCUT2D eigenvalue weighted by molar-refractivity contribution is 5.78. The molecule has 0 saturated heterocycles. The van der Waals surface area contributed by atoms with Crippen LogP contribution >= 0.6 is 0 Å². The topological polar surface area (TPSA) is 49.9 Å². The minimum absolute atomic E-state index is 0.0374. The Hall–Kier alpha value is -1.15. The largest absolute Gasteiger partial charge is 0.326 e. The van der Waals surface area contributed by atoms with Crippen molar-refractivity contribution in [2.24, 2.45) is 16.6 Å². The molecular formula is C18H32N2.